The zero-order valence-electron chi connectivity index (χ0n) is 16.0. The first kappa shape index (κ1) is 19.2. The van der Waals surface area contributed by atoms with Gasteiger partial charge in [0.1, 0.15) is 5.75 Å². The van der Waals surface area contributed by atoms with Crippen LogP contribution in [0.2, 0.25) is 0 Å². The molecule has 2 heterocycles. The van der Waals surface area contributed by atoms with Crippen molar-refractivity contribution in [3.8, 4) is 11.6 Å². The van der Waals surface area contributed by atoms with Crippen LogP contribution in [0, 0.1) is 5.92 Å². The number of carbonyl (C=O) groups excluding carboxylic acids is 1. The zero-order chi connectivity index (χ0) is 19.1. The molecule has 3 rings (SSSR count). The normalized spacial score (nSPS) is 17.3. The summed E-state index contributed by atoms with van der Waals surface area (Å²) in [5, 5.41) is 3.02. The van der Waals surface area contributed by atoms with E-state index in [-0.39, 0.29) is 11.8 Å². The van der Waals surface area contributed by atoms with E-state index in [1.165, 1.54) is 0 Å². The molecule has 0 aliphatic carbocycles. The topological polar surface area (TPSA) is 63.7 Å². The summed E-state index contributed by atoms with van der Waals surface area (Å²) >= 11 is 0. The van der Waals surface area contributed by atoms with E-state index in [2.05, 4.69) is 15.2 Å². The van der Waals surface area contributed by atoms with E-state index in [0.717, 1.165) is 49.5 Å². The average molecular weight is 369 g/mol. The number of nitrogens with zero attached hydrogens (tertiary/aromatic N) is 2. The van der Waals surface area contributed by atoms with E-state index < -0.39 is 0 Å². The molecule has 0 radical (unpaired) electrons. The molecule has 27 heavy (non-hydrogen) atoms. The van der Waals surface area contributed by atoms with Crippen LogP contribution < -0.4 is 14.8 Å². The number of rotatable bonds is 7. The van der Waals surface area contributed by atoms with Gasteiger partial charge in [-0.15, -0.1) is 0 Å². The maximum Gasteiger partial charge on any atom is 0.228 e. The summed E-state index contributed by atoms with van der Waals surface area (Å²) in [5.41, 5.74) is 1.83. The van der Waals surface area contributed by atoms with Crippen molar-refractivity contribution < 1.29 is 14.3 Å². The number of hydrogen-bond donors (Lipinski definition) is 1. The number of nitrogens with one attached hydrogen (secondary N) is 1. The maximum absolute atomic E-state index is 12.7. The molecule has 0 bridgehead atoms. The molecular formula is C21H27N3O3. The van der Waals surface area contributed by atoms with Crippen molar-refractivity contribution in [3.05, 3.63) is 48.2 Å². The van der Waals surface area contributed by atoms with Gasteiger partial charge in [-0.25, -0.2) is 4.98 Å². The largest absolute Gasteiger partial charge is 0.497 e. The van der Waals surface area contributed by atoms with E-state index >= 15 is 0 Å². The lowest BCUT2D eigenvalue weighted by Crippen LogP contribution is -2.40. The lowest BCUT2D eigenvalue weighted by Gasteiger charge is -2.32. The van der Waals surface area contributed by atoms with Gasteiger partial charge < -0.3 is 14.8 Å². The molecule has 1 aromatic heterocycles. The highest BCUT2D eigenvalue weighted by Gasteiger charge is 2.26. The highest BCUT2D eigenvalue weighted by atomic mass is 16.5. The highest BCUT2D eigenvalue weighted by Crippen LogP contribution is 2.24. The monoisotopic (exact) mass is 369 g/mol. The van der Waals surface area contributed by atoms with Gasteiger partial charge in [0.05, 0.1) is 19.6 Å². The van der Waals surface area contributed by atoms with E-state index in [1.54, 1.807) is 13.3 Å². The van der Waals surface area contributed by atoms with Crippen LogP contribution in [-0.2, 0) is 11.3 Å². The average Bonchev–Trinajstić information content (AvgIpc) is 2.70. The van der Waals surface area contributed by atoms with Gasteiger partial charge in [-0.05, 0) is 44.5 Å². The van der Waals surface area contributed by atoms with Crippen LogP contribution in [0.5, 0.6) is 11.6 Å². The van der Waals surface area contributed by atoms with Gasteiger partial charge in [0.15, 0.2) is 0 Å². The van der Waals surface area contributed by atoms with Crippen LogP contribution in [-0.4, -0.2) is 42.6 Å². The molecule has 1 N–H and O–H groups in total. The Morgan fingerprint density at radius 1 is 1.33 bits per heavy atom. The predicted octanol–water partition coefficient (Wildman–Crippen LogP) is 3.34. The number of hydrogen-bond acceptors (Lipinski definition) is 5. The number of amides is 1. The molecule has 1 aliphatic heterocycles. The van der Waals surface area contributed by atoms with Crippen LogP contribution in [0.3, 0.4) is 0 Å². The second-order valence-corrected chi connectivity index (χ2v) is 6.70. The molecule has 1 amide bonds. The Bertz CT molecular complexity index is 766. The first-order valence-corrected chi connectivity index (χ1v) is 9.43. The van der Waals surface area contributed by atoms with Crippen LogP contribution in [0.4, 0.5) is 5.69 Å². The Hall–Kier alpha value is -2.60. The Morgan fingerprint density at radius 2 is 2.22 bits per heavy atom. The second kappa shape index (κ2) is 9.37. The van der Waals surface area contributed by atoms with Gasteiger partial charge in [0.2, 0.25) is 11.8 Å². The summed E-state index contributed by atoms with van der Waals surface area (Å²) < 4.78 is 10.8. The van der Waals surface area contributed by atoms with E-state index in [0.29, 0.717) is 12.5 Å². The quantitative estimate of drug-likeness (QED) is 0.811. The van der Waals surface area contributed by atoms with Crippen molar-refractivity contribution in [3.63, 3.8) is 0 Å². The second-order valence-electron chi connectivity index (χ2n) is 6.70. The van der Waals surface area contributed by atoms with Crippen molar-refractivity contribution in [1.82, 2.24) is 9.88 Å². The molecule has 1 saturated heterocycles. The fourth-order valence-electron chi connectivity index (χ4n) is 3.41. The number of methoxy groups -OCH3 is 1. The lowest BCUT2D eigenvalue weighted by molar-refractivity contribution is -0.121. The number of aromatic nitrogens is 1. The summed E-state index contributed by atoms with van der Waals surface area (Å²) in [7, 11) is 1.62. The Labute approximate surface area is 160 Å². The Morgan fingerprint density at radius 3 is 3.04 bits per heavy atom. The molecule has 1 aliphatic rings. The van der Waals surface area contributed by atoms with Crippen molar-refractivity contribution in [2.75, 3.05) is 32.1 Å². The number of piperidine rings is 1. The molecule has 6 nitrogen and oxygen atoms in total. The van der Waals surface area contributed by atoms with E-state index in [1.807, 2.05) is 43.3 Å². The molecule has 0 saturated carbocycles. The smallest absolute Gasteiger partial charge is 0.228 e. The minimum absolute atomic E-state index is 0.0304. The summed E-state index contributed by atoms with van der Waals surface area (Å²) in [5.74, 6) is 1.45. The van der Waals surface area contributed by atoms with Gasteiger partial charge in [-0.1, -0.05) is 12.1 Å². The Balaban J connectivity index is 1.61. The molecule has 1 unspecified atom stereocenters. The van der Waals surface area contributed by atoms with Crippen molar-refractivity contribution >= 4 is 11.6 Å². The zero-order valence-corrected chi connectivity index (χ0v) is 16.0. The molecule has 144 valence electrons. The number of carbonyl (C=O) groups is 1. The number of benzene rings is 1. The molecule has 1 aromatic carbocycles. The standard InChI is InChI=1S/C21H27N3O3/c1-3-27-21-17(7-5-11-22-21)15-24-12-6-8-16(14-24)20(25)23-18-9-4-10-19(13-18)26-2/h4-5,7,9-11,13,16H,3,6,8,12,14-15H2,1-2H3,(H,23,25). The molecule has 1 fully saturated rings. The van der Waals surface area contributed by atoms with Crippen LogP contribution >= 0.6 is 0 Å². The number of anilines is 1. The molecule has 6 heteroatoms. The van der Waals surface area contributed by atoms with Crippen LogP contribution in [0.25, 0.3) is 0 Å². The third-order valence-corrected chi connectivity index (χ3v) is 4.74. The molecule has 0 spiro atoms. The van der Waals surface area contributed by atoms with Gasteiger partial charge in [0.25, 0.3) is 0 Å². The number of likely N-dealkylation sites (tertiary alicyclic amines) is 1. The van der Waals surface area contributed by atoms with Gasteiger partial charge >= 0.3 is 0 Å². The first-order valence-electron chi connectivity index (χ1n) is 9.43. The lowest BCUT2D eigenvalue weighted by atomic mass is 9.96. The Kier molecular flexibility index (Phi) is 6.65. The third kappa shape index (κ3) is 5.20. The maximum atomic E-state index is 12.7. The minimum atomic E-state index is -0.0304. The van der Waals surface area contributed by atoms with Gasteiger partial charge in [-0.3, -0.25) is 9.69 Å². The SMILES string of the molecule is CCOc1ncccc1CN1CCCC(C(=O)Nc2cccc(OC)c2)C1. The van der Waals surface area contributed by atoms with E-state index in [4.69, 9.17) is 9.47 Å². The summed E-state index contributed by atoms with van der Waals surface area (Å²) in [6.45, 7) is 5.00. The van der Waals surface area contributed by atoms with Crippen molar-refractivity contribution in [2.45, 2.75) is 26.3 Å². The fraction of sp³-hybridized carbons (Fsp3) is 0.429. The molecule has 1 atom stereocenters. The van der Waals surface area contributed by atoms with Gasteiger partial charge in [0, 0.05) is 36.6 Å². The first-order chi connectivity index (χ1) is 13.2. The van der Waals surface area contributed by atoms with Gasteiger partial charge in [-0.2, -0.15) is 0 Å². The van der Waals surface area contributed by atoms with E-state index in [9.17, 15) is 4.79 Å². The van der Waals surface area contributed by atoms with Crippen molar-refractivity contribution in [2.24, 2.45) is 5.92 Å². The third-order valence-electron chi connectivity index (χ3n) is 4.74. The summed E-state index contributed by atoms with van der Waals surface area (Å²) in [6.07, 6.45) is 3.65. The summed E-state index contributed by atoms with van der Waals surface area (Å²) in [4.78, 5) is 19.3. The van der Waals surface area contributed by atoms with Crippen LogP contribution in [0.1, 0.15) is 25.3 Å². The molecular weight excluding hydrogens is 342 g/mol. The number of pyridine rings is 1. The van der Waals surface area contributed by atoms with Crippen molar-refractivity contribution in [1.29, 1.82) is 0 Å². The fourth-order valence-corrected chi connectivity index (χ4v) is 3.41. The summed E-state index contributed by atoms with van der Waals surface area (Å²) in [6, 6.07) is 11.4. The molecule has 2 aromatic rings. The number of ether oxygens (including phenoxy) is 2. The minimum Gasteiger partial charge on any atom is -0.497 e. The highest BCUT2D eigenvalue weighted by molar-refractivity contribution is 5.92. The van der Waals surface area contributed by atoms with Crippen LogP contribution in [0.15, 0.2) is 42.6 Å². The predicted molar refractivity (Wildman–Crippen MR) is 105 cm³/mol.